The van der Waals surface area contributed by atoms with Gasteiger partial charge in [0, 0.05) is 56.1 Å². The van der Waals surface area contributed by atoms with E-state index in [2.05, 4.69) is 25.1 Å². The zero-order chi connectivity index (χ0) is 29.7. The van der Waals surface area contributed by atoms with Gasteiger partial charge in [0.2, 0.25) is 0 Å². The zero-order valence-corrected chi connectivity index (χ0v) is 24.1. The number of rotatable bonds is 6. The maximum Gasteiger partial charge on any atom is 0.302 e. The van der Waals surface area contributed by atoms with Crippen molar-refractivity contribution < 1.29 is 19.1 Å². The number of aryl methyl sites for hydroxylation is 2. The maximum absolute atomic E-state index is 13.9. The summed E-state index contributed by atoms with van der Waals surface area (Å²) in [6.07, 6.45) is 5.84. The Labute approximate surface area is 247 Å². The number of pyridine rings is 1. The highest BCUT2D eigenvalue weighted by Gasteiger charge is 2.33. The second kappa shape index (κ2) is 10.8. The Balaban J connectivity index is 1.28. The van der Waals surface area contributed by atoms with E-state index in [4.69, 9.17) is 9.47 Å². The van der Waals surface area contributed by atoms with Crippen LogP contribution in [-0.4, -0.2) is 54.1 Å². The third-order valence-electron chi connectivity index (χ3n) is 8.29. The van der Waals surface area contributed by atoms with E-state index >= 15 is 0 Å². The van der Waals surface area contributed by atoms with Crippen LogP contribution < -0.4 is 15.8 Å². The van der Waals surface area contributed by atoms with Gasteiger partial charge in [-0.25, -0.2) is 9.67 Å². The molecule has 222 valence electrons. The van der Waals surface area contributed by atoms with E-state index in [0.29, 0.717) is 67.0 Å². The standard InChI is InChI=1S/C30H32N8O5/c1-18(39)43-17-22-21(23-15-24(29(40)35(2)33-23)32-27-14-20-16-42-12-11-38(20)34-27)7-8-31-28(22)37-10-9-36-25-6-4-3-5-19(25)13-26(36)30(37)41/h7-8,13-15H,3-6,9-12,16-17H2,1-2H3,(H,32,34). The molecule has 1 amide bonds. The van der Waals surface area contributed by atoms with Crippen LogP contribution in [0.1, 0.15) is 52.8 Å². The van der Waals surface area contributed by atoms with Gasteiger partial charge in [0.25, 0.3) is 11.5 Å². The number of nitrogens with one attached hydrogen (secondary N) is 1. The number of hydrogen-bond donors (Lipinski definition) is 1. The lowest BCUT2D eigenvalue weighted by atomic mass is 9.98. The Morgan fingerprint density at radius 2 is 1.95 bits per heavy atom. The summed E-state index contributed by atoms with van der Waals surface area (Å²) in [6.45, 7) is 3.98. The Hall–Kier alpha value is -4.78. The predicted octanol–water partition coefficient (Wildman–Crippen LogP) is 2.72. The first-order valence-corrected chi connectivity index (χ1v) is 14.5. The minimum Gasteiger partial charge on any atom is -0.461 e. The number of aromatic nitrogens is 6. The van der Waals surface area contributed by atoms with Gasteiger partial charge in [-0.15, -0.1) is 0 Å². The Kier molecular flexibility index (Phi) is 6.80. The lowest BCUT2D eigenvalue weighted by molar-refractivity contribution is -0.142. The molecule has 0 atom stereocenters. The molecule has 0 fully saturated rings. The molecule has 0 unspecified atom stereocenters. The van der Waals surface area contributed by atoms with Crippen LogP contribution in [0.25, 0.3) is 11.3 Å². The van der Waals surface area contributed by atoms with Crippen molar-refractivity contribution in [2.75, 3.05) is 23.4 Å². The predicted molar refractivity (Wildman–Crippen MR) is 156 cm³/mol. The van der Waals surface area contributed by atoms with Gasteiger partial charge in [0.05, 0.1) is 31.1 Å². The number of anilines is 3. The van der Waals surface area contributed by atoms with Crippen molar-refractivity contribution in [2.24, 2.45) is 7.05 Å². The molecule has 0 saturated heterocycles. The average molecular weight is 585 g/mol. The van der Waals surface area contributed by atoms with Crippen molar-refractivity contribution in [1.82, 2.24) is 29.1 Å². The van der Waals surface area contributed by atoms with E-state index in [9.17, 15) is 14.4 Å². The normalized spacial score (nSPS) is 16.0. The molecule has 0 spiro atoms. The quantitative estimate of drug-likeness (QED) is 0.339. The molecule has 0 radical (unpaired) electrons. The van der Waals surface area contributed by atoms with Crippen LogP contribution in [-0.2, 0) is 60.5 Å². The summed E-state index contributed by atoms with van der Waals surface area (Å²) in [7, 11) is 1.57. The molecule has 43 heavy (non-hydrogen) atoms. The second-order valence-corrected chi connectivity index (χ2v) is 11.1. The van der Waals surface area contributed by atoms with E-state index in [1.165, 1.54) is 22.9 Å². The molecule has 0 aromatic carbocycles. The van der Waals surface area contributed by atoms with Crippen molar-refractivity contribution >= 4 is 29.2 Å². The maximum atomic E-state index is 13.9. The number of hydrogen-bond acceptors (Lipinski definition) is 9. The van der Waals surface area contributed by atoms with E-state index < -0.39 is 5.97 Å². The fourth-order valence-corrected chi connectivity index (χ4v) is 6.23. The van der Waals surface area contributed by atoms with Gasteiger partial charge in [0.1, 0.15) is 23.8 Å². The van der Waals surface area contributed by atoms with Gasteiger partial charge in [-0.2, -0.15) is 10.2 Å². The zero-order valence-electron chi connectivity index (χ0n) is 24.1. The van der Waals surface area contributed by atoms with Gasteiger partial charge in [0.15, 0.2) is 5.82 Å². The van der Waals surface area contributed by atoms with E-state index in [0.717, 1.165) is 31.4 Å². The number of carbonyl (C=O) groups is 2. The van der Waals surface area contributed by atoms with E-state index in [1.54, 1.807) is 30.3 Å². The molecule has 3 aliphatic rings. The largest absolute Gasteiger partial charge is 0.461 e. The van der Waals surface area contributed by atoms with Crippen molar-refractivity contribution in [3.8, 4) is 11.3 Å². The van der Waals surface area contributed by atoms with Crippen LogP contribution in [0.15, 0.2) is 35.3 Å². The van der Waals surface area contributed by atoms with Crippen molar-refractivity contribution in [3.63, 3.8) is 0 Å². The molecule has 0 bridgehead atoms. The molecule has 7 rings (SSSR count). The van der Waals surface area contributed by atoms with Crippen LogP contribution >= 0.6 is 0 Å². The summed E-state index contributed by atoms with van der Waals surface area (Å²) in [5.74, 6) is 0.324. The lowest BCUT2D eigenvalue weighted by Gasteiger charge is -2.30. The summed E-state index contributed by atoms with van der Waals surface area (Å²) < 4.78 is 16.2. The van der Waals surface area contributed by atoms with Gasteiger partial charge < -0.3 is 19.4 Å². The van der Waals surface area contributed by atoms with Crippen LogP contribution in [0.5, 0.6) is 0 Å². The number of amides is 1. The summed E-state index contributed by atoms with van der Waals surface area (Å²) >= 11 is 0. The fourth-order valence-electron chi connectivity index (χ4n) is 6.23. The summed E-state index contributed by atoms with van der Waals surface area (Å²) in [5, 5.41) is 12.2. The summed E-state index contributed by atoms with van der Waals surface area (Å²) in [4.78, 5) is 45.2. The summed E-state index contributed by atoms with van der Waals surface area (Å²) in [6, 6.07) is 7.27. The van der Waals surface area contributed by atoms with Crippen LogP contribution in [0, 0.1) is 0 Å². The third-order valence-corrected chi connectivity index (χ3v) is 8.29. The monoisotopic (exact) mass is 584 g/mol. The van der Waals surface area contributed by atoms with E-state index in [-0.39, 0.29) is 23.8 Å². The Morgan fingerprint density at radius 3 is 2.79 bits per heavy atom. The third kappa shape index (κ3) is 4.88. The first kappa shape index (κ1) is 27.1. The minimum atomic E-state index is -0.462. The average Bonchev–Trinajstić information content (AvgIpc) is 3.60. The number of esters is 1. The topological polar surface area (TPSA) is 138 Å². The molecule has 13 nitrogen and oxygen atoms in total. The van der Waals surface area contributed by atoms with Crippen LogP contribution in [0.3, 0.4) is 0 Å². The SMILES string of the molecule is CC(=O)OCc1c(-c2cc(Nc3cc4n(n3)CCOC4)c(=O)n(C)n2)ccnc1N1CCn2c(cc3c2CCCC3)C1=O. The fraction of sp³-hybridized carbons (Fsp3) is 0.400. The molecule has 4 aromatic rings. The smallest absolute Gasteiger partial charge is 0.302 e. The molecule has 6 heterocycles. The van der Waals surface area contributed by atoms with Gasteiger partial charge in [-0.3, -0.25) is 24.0 Å². The second-order valence-electron chi connectivity index (χ2n) is 11.1. The highest BCUT2D eigenvalue weighted by Crippen LogP contribution is 2.34. The molecule has 2 aliphatic heterocycles. The first-order chi connectivity index (χ1) is 20.9. The van der Waals surface area contributed by atoms with E-state index in [1.807, 2.05) is 16.8 Å². The van der Waals surface area contributed by atoms with Gasteiger partial charge in [-0.1, -0.05) is 0 Å². The Bertz CT molecular complexity index is 1800. The van der Waals surface area contributed by atoms with Gasteiger partial charge >= 0.3 is 5.97 Å². The molecular weight excluding hydrogens is 552 g/mol. The van der Waals surface area contributed by atoms with Crippen molar-refractivity contribution in [2.45, 2.75) is 58.9 Å². The molecule has 4 aromatic heterocycles. The molecule has 1 aliphatic carbocycles. The van der Waals surface area contributed by atoms with Crippen molar-refractivity contribution in [3.05, 3.63) is 69.0 Å². The summed E-state index contributed by atoms with van der Waals surface area (Å²) in [5.41, 5.74) is 5.60. The number of carbonyl (C=O) groups excluding carboxylic acids is 2. The number of fused-ring (bicyclic) bond motifs is 4. The lowest BCUT2D eigenvalue weighted by Crippen LogP contribution is -2.41. The number of ether oxygens (including phenoxy) is 2. The molecule has 13 heteroatoms. The highest BCUT2D eigenvalue weighted by molar-refractivity contribution is 6.06. The molecule has 0 saturated carbocycles. The van der Waals surface area contributed by atoms with Gasteiger partial charge in [-0.05, 0) is 49.4 Å². The van der Waals surface area contributed by atoms with Crippen LogP contribution in [0.4, 0.5) is 17.3 Å². The Morgan fingerprint density at radius 1 is 1.09 bits per heavy atom. The number of nitrogens with zero attached hydrogens (tertiary/aromatic N) is 7. The molecular formula is C30H32N8O5. The molecule has 1 N–H and O–H groups in total. The minimum absolute atomic E-state index is 0.115. The highest BCUT2D eigenvalue weighted by atomic mass is 16.5. The van der Waals surface area contributed by atoms with Crippen LogP contribution in [0.2, 0.25) is 0 Å². The van der Waals surface area contributed by atoms with Crippen molar-refractivity contribution in [1.29, 1.82) is 0 Å². The first-order valence-electron chi connectivity index (χ1n) is 14.5.